The Labute approximate surface area is 167 Å². The predicted molar refractivity (Wildman–Crippen MR) is 112 cm³/mol. The van der Waals surface area contributed by atoms with Crippen LogP contribution in [-0.2, 0) is 14.8 Å². The summed E-state index contributed by atoms with van der Waals surface area (Å²) in [5.74, 6) is 0.313. The van der Waals surface area contributed by atoms with Crippen LogP contribution in [-0.4, -0.2) is 33.2 Å². The molecule has 2 aromatic rings. The molecule has 1 amide bonds. The zero-order valence-corrected chi connectivity index (χ0v) is 17.6. The number of ether oxygens (including phenoxy) is 1. The van der Waals surface area contributed by atoms with Crippen LogP contribution in [0.2, 0.25) is 0 Å². The summed E-state index contributed by atoms with van der Waals surface area (Å²) in [5.41, 5.74) is 1.39. The number of benzene rings is 2. The van der Waals surface area contributed by atoms with Crippen molar-refractivity contribution in [2.75, 3.05) is 17.2 Å². The number of carbonyl (C=O) groups excluding carboxylic acids is 1. The molecule has 0 fully saturated rings. The zero-order chi connectivity index (χ0) is 20.7. The molecule has 2 rings (SSSR count). The number of nitrogens with zero attached hydrogens (tertiary/aromatic N) is 1. The summed E-state index contributed by atoms with van der Waals surface area (Å²) in [5, 5.41) is 2.93. The monoisotopic (exact) mass is 404 g/mol. The molecular weight excluding hydrogens is 376 g/mol. The van der Waals surface area contributed by atoms with E-state index in [9.17, 15) is 13.2 Å². The SMILES string of the molecule is CCOc1ccc(N(C(CC)C(=O)N[C@H](C)c2ccccc2)S(C)(=O)=O)cc1. The van der Waals surface area contributed by atoms with Crippen LogP contribution in [0.15, 0.2) is 54.6 Å². The van der Waals surface area contributed by atoms with E-state index in [4.69, 9.17) is 4.74 Å². The second-order valence-electron chi connectivity index (χ2n) is 6.55. The van der Waals surface area contributed by atoms with Gasteiger partial charge in [-0.2, -0.15) is 0 Å². The average Bonchev–Trinajstić information content (AvgIpc) is 2.66. The van der Waals surface area contributed by atoms with E-state index in [-0.39, 0.29) is 11.9 Å². The summed E-state index contributed by atoms with van der Waals surface area (Å²) in [4.78, 5) is 12.9. The van der Waals surface area contributed by atoms with E-state index in [0.717, 1.165) is 11.8 Å². The first-order chi connectivity index (χ1) is 13.3. The Kier molecular flexibility index (Phi) is 7.45. The van der Waals surface area contributed by atoms with Crippen molar-refractivity contribution in [3.63, 3.8) is 0 Å². The molecule has 0 bridgehead atoms. The van der Waals surface area contributed by atoms with Gasteiger partial charge in [0, 0.05) is 0 Å². The van der Waals surface area contributed by atoms with Gasteiger partial charge >= 0.3 is 0 Å². The summed E-state index contributed by atoms with van der Waals surface area (Å²) in [6.07, 6.45) is 1.45. The Morgan fingerprint density at radius 1 is 1.07 bits per heavy atom. The molecule has 0 saturated carbocycles. The number of sulfonamides is 1. The van der Waals surface area contributed by atoms with Gasteiger partial charge in [-0.05, 0) is 50.1 Å². The molecule has 0 saturated heterocycles. The summed E-state index contributed by atoms with van der Waals surface area (Å²) in [6.45, 7) is 6.07. The molecule has 0 aliphatic rings. The minimum Gasteiger partial charge on any atom is -0.494 e. The van der Waals surface area contributed by atoms with Crippen molar-refractivity contribution in [1.29, 1.82) is 0 Å². The molecule has 1 N–H and O–H groups in total. The van der Waals surface area contributed by atoms with E-state index in [0.29, 0.717) is 24.5 Å². The van der Waals surface area contributed by atoms with Gasteiger partial charge in [-0.3, -0.25) is 9.10 Å². The number of rotatable bonds is 9. The minimum atomic E-state index is -3.67. The topological polar surface area (TPSA) is 75.7 Å². The van der Waals surface area contributed by atoms with E-state index in [1.54, 1.807) is 31.2 Å². The predicted octanol–water partition coefficient (Wildman–Crippen LogP) is 3.51. The van der Waals surface area contributed by atoms with Crippen molar-refractivity contribution in [3.05, 3.63) is 60.2 Å². The third-order valence-corrected chi connectivity index (χ3v) is 5.57. The van der Waals surface area contributed by atoms with Crippen LogP contribution in [0.1, 0.15) is 38.8 Å². The Balaban J connectivity index is 2.28. The van der Waals surface area contributed by atoms with Crippen LogP contribution in [0, 0.1) is 0 Å². The number of carbonyl (C=O) groups is 1. The molecule has 28 heavy (non-hydrogen) atoms. The number of nitrogens with one attached hydrogen (secondary N) is 1. The maximum atomic E-state index is 12.9. The molecule has 7 heteroatoms. The average molecular weight is 405 g/mol. The van der Waals surface area contributed by atoms with E-state index >= 15 is 0 Å². The fraction of sp³-hybridized carbons (Fsp3) is 0.381. The van der Waals surface area contributed by atoms with Crippen LogP contribution in [0.25, 0.3) is 0 Å². The molecule has 2 aromatic carbocycles. The first-order valence-corrected chi connectivity index (χ1v) is 11.2. The van der Waals surface area contributed by atoms with Gasteiger partial charge in [0.25, 0.3) is 0 Å². The summed E-state index contributed by atoms with van der Waals surface area (Å²) in [6, 6.07) is 15.2. The molecule has 0 spiro atoms. The quantitative estimate of drug-likeness (QED) is 0.694. The summed E-state index contributed by atoms with van der Waals surface area (Å²) in [7, 11) is -3.67. The third kappa shape index (κ3) is 5.48. The molecule has 0 aliphatic heterocycles. The molecule has 6 nitrogen and oxygen atoms in total. The van der Waals surface area contributed by atoms with Gasteiger partial charge in [-0.25, -0.2) is 8.42 Å². The van der Waals surface area contributed by atoms with Crippen LogP contribution >= 0.6 is 0 Å². The number of amides is 1. The minimum absolute atomic E-state index is 0.232. The maximum absolute atomic E-state index is 12.9. The Bertz CT molecular complexity index is 867. The van der Waals surface area contributed by atoms with Gasteiger partial charge in [0.2, 0.25) is 15.9 Å². The number of hydrogen-bond acceptors (Lipinski definition) is 4. The molecule has 152 valence electrons. The molecule has 1 unspecified atom stereocenters. The highest BCUT2D eigenvalue weighted by Crippen LogP contribution is 2.25. The van der Waals surface area contributed by atoms with E-state index < -0.39 is 16.1 Å². The normalized spacial score (nSPS) is 13.4. The molecule has 0 heterocycles. The van der Waals surface area contributed by atoms with E-state index in [2.05, 4.69) is 5.32 Å². The lowest BCUT2D eigenvalue weighted by molar-refractivity contribution is -0.122. The van der Waals surface area contributed by atoms with Crippen molar-refractivity contribution < 1.29 is 17.9 Å². The molecule has 2 atom stereocenters. The Morgan fingerprint density at radius 2 is 1.68 bits per heavy atom. The Morgan fingerprint density at radius 3 is 2.18 bits per heavy atom. The molecule has 0 radical (unpaired) electrons. The first-order valence-electron chi connectivity index (χ1n) is 9.35. The largest absolute Gasteiger partial charge is 0.494 e. The lowest BCUT2D eigenvalue weighted by atomic mass is 10.1. The smallest absolute Gasteiger partial charge is 0.244 e. The van der Waals surface area contributed by atoms with Gasteiger partial charge in [-0.1, -0.05) is 37.3 Å². The van der Waals surface area contributed by atoms with Gasteiger partial charge < -0.3 is 10.1 Å². The second kappa shape index (κ2) is 9.59. The first kappa shape index (κ1) is 21.8. The fourth-order valence-electron chi connectivity index (χ4n) is 3.05. The fourth-order valence-corrected chi connectivity index (χ4v) is 4.26. The van der Waals surface area contributed by atoms with Crippen LogP contribution in [0.3, 0.4) is 0 Å². The summed E-state index contributed by atoms with van der Waals surface area (Å²) < 4.78 is 31.6. The van der Waals surface area contributed by atoms with Crippen molar-refractivity contribution >= 4 is 21.6 Å². The molecule has 0 aromatic heterocycles. The molecule has 0 aliphatic carbocycles. The van der Waals surface area contributed by atoms with E-state index in [1.165, 1.54) is 4.31 Å². The summed E-state index contributed by atoms with van der Waals surface area (Å²) >= 11 is 0. The van der Waals surface area contributed by atoms with Crippen molar-refractivity contribution in [1.82, 2.24) is 5.32 Å². The van der Waals surface area contributed by atoms with Gasteiger partial charge in [0.1, 0.15) is 11.8 Å². The van der Waals surface area contributed by atoms with Crippen LogP contribution in [0.5, 0.6) is 5.75 Å². The zero-order valence-electron chi connectivity index (χ0n) is 16.8. The van der Waals surface area contributed by atoms with Crippen molar-refractivity contribution in [3.8, 4) is 5.75 Å². The van der Waals surface area contributed by atoms with Gasteiger partial charge in [0.15, 0.2) is 0 Å². The number of hydrogen-bond donors (Lipinski definition) is 1. The molecular formula is C21H28N2O4S. The standard InChI is InChI=1S/C21H28N2O4S/c1-5-20(21(24)22-16(3)17-10-8-7-9-11-17)23(28(4,25)26)18-12-14-19(15-13-18)27-6-2/h7-16,20H,5-6H2,1-4H3,(H,22,24)/t16-,20?/m1/s1. The van der Waals surface area contributed by atoms with E-state index in [1.807, 2.05) is 44.2 Å². The highest BCUT2D eigenvalue weighted by molar-refractivity contribution is 7.92. The van der Waals surface area contributed by atoms with Crippen LogP contribution in [0.4, 0.5) is 5.69 Å². The third-order valence-electron chi connectivity index (χ3n) is 4.39. The Hall–Kier alpha value is -2.54. The van der Waals surface area contributed by atoms with Crippen molar-refractivity contribution in [2.45, 2.75) is 39.3 Å². The lowest BCUT2D eigenvalue weighted by Gasteiger charge is -2.31. The maximum Gasteiger partial charge on any atom is 0.244 e. The highest BCUT2D eigenvalue weighted by Gasteiger charge is 2.32. The van der Waals surface area contributed by atoms with Gasteiger partial charge in [0.05, 0.1) is 24.6 Å². The lowest BCUT2D eigenvalue weighted by Crippen LogP contribution is -2.49. The second-order valence-corrected chi connectivity index (χ2v) is 8.41. The van der Waals surface area contributed by atoms with Crippen molar-refractivity contribution in [2.24, 2.45) is 0 Å². The van der Waals surface area contributed by atoms with Gasteiger partial charge in [-0.15, -0.1) is 0 Å². The number of anilines is 1. The van der Waals surface area contributed by atoms with Crippen LogP contribution < -0.4 is 14.4 Å². The highest BCUT2D eigenvalue weighted by atomic mass is 32.2.